The van der Waals surface area contributed by atoms with Crippen molar-refractivity contribution in [3.05, 3.63) is 90.5 Å². The Kier molecular flexibility index (Phi) is 5.17. The molecule has 32 heavy (non-hydrogen) atoms. The van der Waals surface area contributed by atoms with Gasteiger partial charge < -0.3 is 5.32 Å². The molecule has 0 spiro atoms. The highest BCUT2D eigenvalue weighted by molar-refractivity contribution is 6.06. The van der Waals surface area contributed by atoms with E-state index in [1.165, 1.54) is 0 Å². The summed E-state index contributed by atoms with van der Waals surface area (Å²) in [5.74, 6) is 0.488. The fourth-order valence-electron chi connectivity index (χ4n) is 3.66. The van der Waals surface area contributed by atoms with Crippen LogP contribution in [0.25, 0.3) is 28.1 Å². The predicted molar refractivity (Wildman–Crippen MR) is 121 cm³/mol. The summed E-state index contributed by atoms with van der Waals surface area (Å²) in [6, 6.07) is 17.3. The van der Waals surface area contributed by atoms with Crippen molar-refractivity contribution in [1.29, 1.82) is 0 Å². The first-order valence-electron chi connectivity index (χ1n) is 10.4. The first-order valence-corrected chi connectivity index (χ1v) is 10.4. The van der Waals surface area contributed by atoms with E-state index in [1.807, 2.05) is 67.7 Å². The van der Waals surface area contributed by atoms with Crippen molar-refractivity contribution in [3.8, 4) is 17.1 Å². The third kappa shape index (κ3) is 3.62. The van der Waals surface area contributed by atoms with Gasteiger partial charge in [-0.1, -0.05) is 36.4 Å². The maximum absolute atomic E-state index is 13.3. The number of pyridine rings is 2. The van der Waals surface area contributed by atoms with Crippen molar-refractivity contribution in [1.82, 2.24) is 34.8 Å². The third-order valence-electron chi connectivity index (χ3n) is 5.25. The normalized spacial score (nSPS) is 11.0. The number of fused-ring (bicyclic) bond motifs is 1. The molecule has 4 aromatic heterocycles. The second-order valence-electron chi connectivity index (χ2n) is 7.24. The molecule has 1 amide bonds. The number of carbonyl (C=O) groups excluding carboxylic acids is 1. The van der Waals surface area contributed by atoms with E-state index in [4.69, 9.17) is 4.98 Å². The zero-order valence-corrected chi connectivity index (χ0v) is 17.5. The van der Waals surface area contributed by atoms with E-state index >= 15 is 0 Å². The van der Waals surface area contributed by atoms with E-state index in [0.717, 1.165) is 22.2 Å². The number of aryl methyl sites for hydroxylation is 1. The highest BCUT2D eigenvalue weighted by Crippen LogP contribution is 2.25. The molecule has 158 valence electrons. The number of hydrogen-bond donors (Lipinski definition) is 1. The van der Waals surface area contributed by atoms with Gasteiger partial charge in [-0.2, -0.15) is 10.2 Å². The smallest absolute Gasteiger partial charge is 0.252 e. The summed E-state index contributed by atoms with van der Waals surface area (Å²) >= 11 is 0. The van der Waals surface area contributed by atoms with E-state index in [9.17, 15) is 4.79 Å². The first-order chi connectivity index (χ1) is 15.7. The largest absolute Gasteiger partial charge is 0.348 e. The fraction of sp³-hybridized carbons (Fsp3) is 0.125. The number of benzene rings is 1. The first kappa shape index (κ1) is 19.6. The topological polar surface area (TPSA) is 90.5 Å². The molecule has 0 unspecified atom stereocenters. The van der Waals surface area contributed by atoms with Gasteiger partial charge in [0.15, 0.2) is 11.5 Å². The Balaban J connectivity index is 1.50. The molecule has 0 aliphatic rings. The number of aromatic nitrogens is 6. The number of nitrogens with zero attached hydrogens (tertiary/aromatic N) is 6. The van der Waals surface area contributed by atoms with Crippen LogP contribution >= 0.6 is 0 Å². The van der Waals surface area contributed by atoms with Crippen LogP contribution in [0.3, 0.4) is 0 Å². The Morgan fingerprint density at radius 3 is 2.69 bits per heavy atom. The van der Waals surface area contributed by atoms with Gasteiger partial charge in [0.1, 0.15) is 0 Å². The molecule has 8 nitrogen and oxygen atoms in total. The fourth-order valence-corrected chi connectivity index (χ4v) is 3.66. The molecule has 0 saturated heterocycles. The Labute approximate surface area is 184 Å². The molecule has 5 rings (SSSR count). The average Bonchev–Trinajstić information content (AvgIpc) is 3.52. The zero-order chi connectivity index (χ0) is 21.9. The zero-order valence-electron chi connectivity index (χ0n) is 17.5. The summed E-state index contributed by atoms with van der Waals surface area (Å²) < 4.78 is 3.49. The maximum atomic E-state index is 13.3. The average molecular weight is 423 g/mol. The molecule has 0 fully saturated rings. The number of amides is 1. The van der Waals surface area contributed by atoms with Gasteiger partial charge in [0, 0.05) is 42.8 Å². The van der Waals surface area contributed by atoms with Crippen molar-refractivity contribution >= 4 is 16.9 Å². The molecular weight excluding hydrogens is 402 g/mol. The molecule has 0 bridgehead atoms. The quantitative estimate of drug-likeness (QED) is 0.450. The predicted octanol–water partition coefficient (Wildman–Crippen LogP) is 3.63. The lowest BCUT2D eigenvalue weighted by Gasteiger charge is -2.11. The van der Waals surface area contributed by atoms with E-state index in [2.05, 4.69) is 20.5 Å². The van der Waals surface area contributed by atoms with Crippen LogP contribution in [0, 0.1) is 0 Å². The van der Waals surface area contributed by atoms with Gasteiger partial charge in [-0.3, -0.25) is 4.79 Å². The number of carbonyl (C=O) groups is 1. The minimum atomic E-state index is -0.194. The molecule has 0 radical (unpaired) electrons. The lowest BCUT2D eigenvalue weighted by atomic mass is 10.1. The second kappa shape index (κ2) is 8.43. The van der Waals surface area contributed by atoms with Crippen LogP contribution < -0.4 is 5.32 Å². The van der Waals surface area contributed by atoms with Crippen molar-refractivity contribution in [2.45, 2.75) is 20.0 Å². The maximum Gasteiger partial charge on any atom is 0.252 e. The van der Waals surface area contributed by atoms with Crippen LogP contribution in [0.15, 0.2) is 79.4 Å². The molecule has 0 atom stereocenters. The monoisotopic (exact) mass is 423 g/mol. The molecule has 4 heterocycles. The van der Waals surface area contributed by atoms with Gasteiger partial charge in [0.25, 0.3) is 5.91 Å². The molecule has 8 heteroatoms. The van der Waals surface area contributed by atoms with Gasteiger partial charge in [-0.25, -0.2) is 19.3 Å². The lowest BCUT2D eigenvalue weighted by Crippen LogP contribution is -2.24. The molecule has 0 aliphatic carbocycles. The summed E-state index contributed by atoms with van der Waals surface area (Å²) in [4.78, 5) is 22.5. The summed E-state index contributed by atoms with van der Waals surface area (Å²) in [5, 5.41) is 12.4. The van der Waals surface area contributed by atoms with E-state index in [1.54, 1.807) is 28.0 Å². The van der Waals surface area contributed by atoms with Crippen LogP contribution in [-0.4, -0.2) is 35.4 Å². The van der Waals surface area contributed by atoms with Crippen LogP contribution in [-0.2, 0) is 13.1 Å². The third-order valence-corrected chi connectivity index (χ3v) is 5.25. The molecule has 5 aromatic rings. The Bertz CT molecular complexity index is 1370. The van der Waals surface area contributed by atoms with Gasteiger partial charge in [-0.15, -0.1) is 0 Å². The number of rotatable bonds is 6. The molecule has 1 N–H and O–H groups in total. The van der Waals surface area contributed by atoms with Crippen LogP contribution in [0.4, 0.5) is 0 Å². The van der Waals surface area contributed by atoms with Crippen molar-refractivity contribution in [2.75, 3.05) is 0 Å². The molecule has 0 aliphatic heterocycles. The van der Waals surface area contributed by atoms with Crippen molar-refractivity contribution in [3.63, 3.8) is 0 Å². The van der Waals surface area contributed by atoms with Crippen LogP contribution in [0.5, 0.6) is 0 Å². The minimum Gasteiger partial charge on any atom is -0.348 e. The van der Waals surface area contributed by atoms with Gasteiger partial charge in [0.2, 0.25) is 0 Å². The molecular formula is C24H21N7O. The summed E-state index contributed by atoms with van der Waals surface area (Å²) in [6.07, 6.45) is 6.93. The second-order valence-corrected chi connectivity index (χ2v) is 7.24. The Morgan fingerprint density at radius 1 is 1.03 bits per heavy atom. The minimum absolute atomic E-state index is 0.194. The standard InChI is InChI=1S/C24H21N7O/c1-2-30-23-20(16-28-30)19(14-21(29-23)17-8-4-3-5-9-17)24(32)26-15-18-10-6-11-25-22(18)31-13-7-12-27-31/h3-14,16H,2,15H2,1H3,(H,26,32). The van der Waals surface area contributed by atoms with Gasteiger partial charge in [-0.05, 0) is 25.1 Å². The summed E-state index contributed by atoms with van der Waals surface area (Å²) in [6.45, 7) is 2.98. The van der Waals surface area contributed by atoms with Crippen molar-refractivity contribution < 1.29 is 4.79 Å². The van der Waals surface area contributed by atoms with Gasteiger partial charge in [0.05, 0.1) is 22.8 Å². The van der Waals surface area contributed by atoms with Crippen LogP contribution in [0.1, 0.15) is 22.8 Å². The van der Waals surface area contributed by atoms with Crippen LogP contribution in [0.2, 0.25) is 0 Å². The van der Waals surface area contributed by atoms with E-state index in [0.29, 0.717) is 30.1 Å². The molecule has 0 saturated carbocycles. The van der Waals surface area contributed by atoms with Crippen molar-refractivity contribution in [2.24, 2.45) is 0 Å². The molecule has 1 aromatic carbocycles. The summed E-state index contributed by atoms with van der Waals surface area (Å²) in [7, 11) is 0. The number of nitrogens with one attached hydrogen (secondary N) is 1. The number of hydrogen-bond acceptors (Lipinski definition) is 5. The SMILES string of the molecule is CCn1ncc2c(C(=O)NCc3cccnc3-n3cccn3)cc(-c3ccccc3)nc21. The Morgan fingerprint density at radius 2 is 1.91 bits per heavy atom. The van der Waals surface area contributed by atoms with Gasteiger partial charge >= 0.3 is 0 Å². The van der Waals surface area contributed by atoms with E-state index < -0.39 is 0 Å². The highest BCUT2D eigenvalue weighted by Gasteiger charge is 2.18. The lowest BCUT2D eigenvalue weighted by molar-refractivity contribution is 0.0952. The van der Waals surface area contributed by atoms with E-state index in [-0.39, 0.29) is 5.91 Å². The highest BCUT2D eigenvalue weighted by atomic mass is 16.1. The Hall–Kier alpha value is -4.33. The summed E-state index contributed by atoms with van der Waals surface area (Å²) in [5.41, 5.74) is 3.77.